The molecule has 3 heteroatoms. The molecule has 0 aliphatic carbocycles. The molecular weight excluding hydrogens is 212 g/mol. The summed E-state index contributed by atoms with van der Waals surface area (Å²) in [6.45, 7) is 7.90. The minimum absolute atomic E-state index is 0.0252. The van der Waals surface area contributed by atoms with Crippen LogP contribution in [0.4, 0.5) is 5.69 Å². The molecule has 1 aromatic carbocycles. The number of carbonyl (C=O) groups excluding carboxylic acids is 1. The molecule has 1 rings (SSSR count). The topological polar surface area (TPSA) is 55.1 Å². The first-order valence-corrected chi connectivity index (χ1v) is 5.94. The van der Waals surface area contributed by atoms with Crippen molar-refractivity contribution in [2.45, 2.75) is 46.1 Å². The summed E-state index contributed by atoms with van der Waals surface area (Å²) < 4.78 is 0. The number of anilines is 1. The molecule has 0 aromatic heterocycles. The lowest BCUT2D eigenvalue weighted by atomic mass is 10.00. The number of aryl methyl sites for hydroxylation is 1. The van der Waals surface area contributed by atoms with Crippen LogP contribution in [0.25, 0.3) is 0 Å². The molecule has 17 heavy (non-hydrogen) atoms. The van der Waals surface area contributed by atoms with Crippen molar-refractivity contribution in [1.29, 1.82) is 0 Å². The molecule has 0 radical (unpaired) electrons. The monoisotopic (exact) mass is 234 g/mol. The summed E-state index contributed by atoms with van der Waals surface area (Å²) in [7, 11) is 0. The first-order valence-electron chi connectivity index (χ1n) is 5.94. The van der Waals surface area contributed by atoms with Crippen LogP contribution in [-0.2, 0) is 4.79 Å². The van der Waals surface area contributed by atoms with Gasteiger partial charge in [0.2, 0.25) is 5.91 Å². The Bertz CT molecular complexity index is 405. The quantitative estimate of drug-likeness (QED) is 0.841. The van der Waals surface area contributed by atoms with Gasteiger partial charge in [0.05, 0.1) is 0 Å². The minimum Gasteiger partial charge on any atom is -0.326 e. The van der Waals surface area contributed by atoms with Gasteiger partial charge in [-0.1, -0.05) is 12.1 Å². The van der Waals surface area contributed by atoms with Crippen molar-refractivity contribution in [3.05, 3.63) is 29.3 Å². The first-order chi connectivity index (χ1) is 7.79. The van der Waals surface area contributed by atoms with Crippen LogP contribution in [0, 0.1) is 13.8 Å². The van der Waals surface area contributed by atoms with Gasteiger partial charge in [0.1, 0.15) is 0 Å². The third kappa shape index (κ3) is 4.57. The predicted molar refractivity (Wildman–Crippen MR) is 72.0 cm³/mol. The summed E-state index contributed by atoms with van der Waals surface area (Å²) in [4.78, 5) is 11.8. The number of rotatable bonds is 4. The van der Waals surface area contributed by atoms with Gasteiger partial charge in [-0.05, 0) is 51.3 Å². The van der Waals surface area contributed by atoms with Gasteiger partial charge in [0.15, 0.2) is 0 Å². The molecule has 0 saturated heterocycles. The zero-order valence-corrected chi connectivity index (χ0v) is 11.1. The minimum atomic E-state index is -0.293. The van der Waals surface area contributed by atoms with Crippen molar-refractivity contribution in [2.75, 3.05) is 5.32 Å². The third-order valence-corrected chi connectivity index (χ3v) is 2.88. The highest BCUT2D eigenvalue weighted by Crippen LogP contribution is 2.18. The molecule has 94 valence electrons. The molecule has 0 heterocycles. The number of nitrogens with two attached hydrogens (primary N) is 1. The fraction of sp³-hybridized carbons (Fsp3) is 0.500. The highest BCUT2D eigenvalue weighted by molar-refractivity contribution is 5.91. The molecule has 0 atom stereocenters. The van der Waals surface area contributed by atoms with Crippen molar-refractivity contribution >= 4 is 11.6 Å². The number of hydrogen-bond acceptors (Lipinski definition) is 2. The molecule has 3 nitrogen and oxygen atoms in total. The van der Waals surface area contributed by atoms with Gasteiger partial charge < -0.3 is 11.1 Å². The zero-order chi connectivity index (χ0) is 13.1. The molecular formula is C14H22N2O. The maximum atomic E-state index is 11.8. The number of hydrogen-bond donors (Lipinski definition) is 2. The van der Waals surface area contributed by atoms with Crippen LogP contribution < -0.4 is 11.1 Å². The third-order valence-electron chi connectivity index (χ3n) is 2.88. The number of nitrogens with one attached hydrogen (secondary N) is 1. The molecule has 0 aliphatic rings. The van der Waals surface area contributed by atoms with E-state index in [4.69, 9.17) is 5.73 Å². The Kier molecular flexibility index (Phi) is 4.29. The molecule has 1 amide bonds. The van der Waals surface area contributed by atoms with Crippen LogP contribution in [0.5, 0.6) is 0 Å². The zero-order valence-electron chi connectivity index (χ0n) is 11.1. The van der Waals surface area contributed by atoms with E-state index in [9.17, 15) is 4.79 Å². The Balaban J connectivity index is 2.60. The number of benzene rings is 1. The van der Waals surface area contributed by atoms with Crippen molar-refractivity contribution < 1.29 is 4.79 Å². The molecule has 0 spiro atoms. The summed E-state index contributed by atoms with van der Waals surface area (Å²) >= 11 is 0. The van der Waals surface area contributed by atoms with E-state index in [0.717, 1.165) is 11.3 Å². The summed E-state index contributed by atoms with van der Waals surface area (Å²) in [5.74, 6) is 0.0252. The lowest BCUT2D eigenvalue weighted by Gasteiger charge is -2.18. The summed E-state index contributed by atoms with van der Waals surface area (Å²) in [5, 5.41) is 2.93. The molecule has 0 aliphatic heterocycles. The average Bonchev–Trinajstić information content (AvgIpc) is 2.21. The van der Waals surface area contributed by atoms with Crippen molar-refractivity contribution in [3.63, 3.8) is 0 Å². The van der Waals surface area contributed by atoms with E-state index in [2.05, 4.69) is 5.32 Å². The van der Waals surface area contributed by atoms with E-state index in [1.165, 1.54) is 5.56 Å². The van der Waals surface area contributed by atoms with Gasteiger partial charge in [0.25, 0.3) is 0 Å². The van der Waals surface area contributed by atoms with Crippen LogP contribution in [0.3, 0.4) is 0 Å². The summed E-state index contributed by atoms with van der Waals surface area (Å²) in [5.41, 5.74) is 8.75. The molecule has 0 bridgehead atoms. The molecule has 0 fully saturated rings. The van der Waals surface area contributed by atoms with Crippen molar-refractivity contribution in [1.82, 2.24) is 0 Å². The highest BCUT2D eigenvalue weighted by atomic mass is 16.1. The van der Waals surface area contributed by atoms with E-state index in [0.29, 0.717) is 12.8 Å². The van der Waals surface area contributed by atoms with E-state index in [1.54, 1.807) is 0 Å². The Morgan fingerprint density at radius 2 is 2.00 bits per heavy atom. The maximum absolute atomic E-state index is 11.8. The smallest absolute Gasteiger partial charge is 0.224 e. The summed E-state index contributed by atoms with van der Waals surface area (Å²) in [6.07, 6.45) is 1.14. The Morgan fingerprint density at radius 3 is 2.59 bits per heavy atom. The van der Waals surface area contributed by atoms with Crippen molar-refractivity contribution in [2.24, 2.45) is 5.73 Å². The lowest BCUT2D eigenvalue weighted by molar-refractivity contribution is -0.116. The van der Waals surface area contributed by atoms with Crippen LogP contribution in [-0.4, -0.2) is 11.4 Å². The Labute approximate surface area is 103 Å². The largest absolute Gasteiger partial charge is 0.326 e. The maximum Gasteiger partial charge on any atom is 0.224 e. The van der Waals surface area contributed by atoms with Gasteiger partial charge in [-0.3, -0.25) is 4.79 Å². The van der Waals surface area contributed by atoms with Gasteiger partial charge in [-0.2, -0.15) is 0 Å². The van der Waals surface area contributed by atoms with E-state index >= 15 is 0 Å². The van der Waals surface area contributed by atoms with Crippen LogP contribution in [0.15, 0.2) is 18.2 Å². The predicted octanol–water partition coefficient (Wildman–Crippen LogP) is 2.76. The molecule has 3 N–H and O–H groups in total. The normalized spacial score (nSPS) is 11.4. The van der Waals surface area contributed by atoms with Crippen LogP contribution >= 0.6 is 0 Å². The van der Waals surface area contributed by atoms with E-state index in [-0.39, 0.29) is 11.4 Å². The second-order valence-electron chi connectivity index (χ2n) is 5.28. The fourth-order valence-corrected chi connectivity index (χ4v) is 1.53. The SMILES string of the molecule is Cc1cccc(NC(=O)CCC(C)(C)N)c1C. The van der Waals surface area contributed by atoms with Crippen LogP contribution in [0.1, 0.15) is 37.8 Å². The Morgan fingerprint density at radius 1 is 1.35 bits per heavy atom. The Hall–Kier alpha value is -1.35. The van der Waals surface area contributed by atoms with E-state index < -0.39 is 0 Å². The lowest BCUT2D eigenvalue weighted by Crippen LogP contribution is -2.33. The second kappa shape index (κ2) is 5.32. The highest BCUT2D eigenvalue weighted by Gasteiger charge is 2.13. The standard InChI is InChI=1S/C14H22N2O/c1-10-6-5-7-12(11(10)2)16-13(17)8-9-14(3,4)15/h5-7H,8-9,15H2,1-4H3,(H,16,17). The van der Waals surface area contributed by atoms with Gasteiger partial charge in [-0.25, -0.2) is 0 Å². The van der Waals surface area contributed by atoms with Gasteiger partial charge >= 0.3 is 0 Å². The second-order valence-corrected chi connectivity index (χ2v) is 5.28. The molecule has 0 unspecified atom stereocenters. The molecule has 1 aromatic rings. The summed E-state index contributed by atoms with van der Waals surface area (Å²) in [6, 6.07) is 5.91. The fourth-order valence-electron chi connectivity index (χ4n) is 1.53. The molecule has 0 saturated carbocycles. The van der Waals surface area contributed by atoms with Gasteiger partial charge in [-0.15, -0.1) is 0 Å². The van der Waals surface area contributed by atoms with Gasteiger partial charge in [0, 0.05) is 17.6 Å². The first kappa shape index (κ1) is 13.7. The number of amides is 1. The van der Waals surface area contributed by atoms with Crippen molar-refractivity contribution in [3.8, 4) is 0 Å². The number of carbonyl (C=O) groups is 1. The van der Waals surface area contributed by atoms with E-state index in [1.807, 2.05) is 45.9 Å². The average molecular weight is 234 g/mol. The van der Waals surface area contributed by atoms with Crippen LogP contribution in [0.2, 0.25) is 0 Å².